The third-order valence-corrected chi connectivity index (χ3v) is 4.38. The molecule has 1 aliphatic rings. The van der Waals surface area contributed by atoms with Gasteiger partial charge >= 0.3 is 5.69 Å². The van der Waals surface area contributed by atoms with Crippen LogP contribution in [0.3, 0.4) is 0 Å². The smallest absolute Gasteiger partial charge is 0.353 e. The molecule has 122 valence electrons. The SMILES string of the molecule is Cn1ccc2c1CN(C(=O)c1cccc(-n3nn[nH]c3=O)c1)CC2. The Balaban J connectivity index is 1.63. The van der Waals surface area contributed by atoms with Crippen LogP contribution in [0.5, 0.6) is 0 Å². The van der Waals surface area contributed by atoms with Crippen LogP contribution >= 0.6 is 0 Å². The molecule has 3 heterocycles. The number of aromatic nitrogens is 5. The molecule has 0 fully saturated rings. The van der Waals surface area contributed by atoms with Crippen molar-refractivity contribution in [3.63, 3.8) is 0 Å². The normalized spacial score (nSPS) is 13.8. The summed E-state index contributed by atoms with van der Waals surface area (Å²) in [5.74, 6) is -0.0553. The molecule has 8 heteroatoms. The van der Waals surface area contributed by atoms with E-state index < -0.39 is 5.69 Å². The number of nitrogens with zero attached hydrogens (tertiary/aromatic N) is 5. The number of fused-ring (bicyclic) bond motifs is 1. The topological polar surface area (TPSA) is 88.8 Å². The number of nitrogens with one attached hydrogen (secondary N) is 1. The fourth-order valence-corrected chi connectivity index (χ4v) is 3.06. The molecule has 0 bridgehead atoms. The number of rotatable bonds is 2. The summed E-state index contributed by atoms with van der Waals surface area (Å²) < 4.78 is 3.18. The molecule has 0 aliphatic carbocycles. The van der Waals surface area contributed by atoms with Crippen molar-refractivity contribution >= 4 is 5.91 Å². The monoisotopic (exact) mass is 324 g/mol. The molecule has 1 N–H and O–H groups in total. The summed E-state index contributed by atoms with van der Waals surface area (Å²) in [4.78, 5) is 26.3. The minimum Gasteiger partial charge on any atom is -0.353 e. The molecule has 24 heavy (non-hydrogen) atoms. The van der Waals surface area contributed by atoms with Gasteiger partial charge in [0.15, 0.2) is 0 Å². The van der Waals surface area contributed by atoms with Gasteiger partial charge in [0.1, 0.15) is 0 Å². The number of aromatic amines is 1. The van der Waals surface area contributed by atoms with Gasteiger partial charge in [0.2, 0.25) is 0 Å². The number of hydrogen-bond acceptors (Lipinski definition) is 4. The van der Waals surface area contributed by atoms with E-state index in [-0.39, 0.29) is 5.91 Å². The van der Waals surface area contributed by atoms with Gasteiger partial charge in [-0.25, -0.2) is 9.89 Å². The first-order valence-electron chi connectivity index (χ1n) is 7.66. The molecular formula is C16H16N6O2. The van der Waals surface area contributed by atoms with Gasteiger partial charge in [-0.05, 0) is 46.7 Å². The maximum absolute atomic E-state index is 12.8. The zero-order valence-corrected chi connectivity index (χ0v) is 13.1. The Hall–Kier alpha value is -3.16. The maximum atomic E-state index is 12.8. The van der Waals surface area contributed by atoms with Gasteiger partial charge in [-0.2, -0.15) is 4.68 Å². The number of amides is 1. The van der Waals surface area contributed by atoms with E-state index >= 15 is 0 Å². The van der Waals surface area contributed by atoms with Crippen molar-refractivity contribution < 1.29 is 4.79 Å². The molecule has 0 atom stereocenters. The minimum atomic E-state index is -0.439. The van der Waals surface area contributed by atoms with Gasteiger partial charge < -0.3 is 9.47 Å². The number of benzene rings is 1. The van der Waals surface area contributed by atoms with Crippen molar-refractivity contribution in [1.29, 1.82) is 0 Å². The standard InChI is InChI=1S/C16H16N6O2/c1-20-7-5-11-6-8-21(10-14(11)20)15(23)12-3-2-4-13(9-12)22-16(24)17-18-19-22/h2-5,7,9H,6,8,10H2,1H3,(H,17,19,24). The van der Waals surface area contributed by atoms with Crippen molar-refractivity contribution in [1.82, 2.24) is 29.7 Å². The molecule has 0 saturated carbocycles. The highest BCUT2D eigenvalue weighted by molar-refractivity contribution is 5.94. The Morgan fingerprint density at radius 3 is 2.96 bits per heavy atom. The summed E-state index contributed by atoms with van der Waals surface area (Å²) in [6.45, 7) is 1.27. The summed E-state index contributed by atoms with van der Waals surface area (Å²) >= 11 is 0. The van der Waals surface area contributed by atoms with E-state index in [4.69, 9.17) is 0 Å². The zero-order chi connectivity index (χ0) is 16.7. The van der Waals surface area contributed by atoms with E-state index in [1.54, 1.807) is 24.3 Å². The van der Waals surface area contributed by atoms with E-state index in [0.29, 0.717) is 24.3 Å². The molecule has 3 aromatic rings. The van der Waals surface area contributed by atoms with Crippen LogP contribution in [-0.2, 0) is 20.0 Å². The maximum Gasteiger partial charge on any atom is 0.365 e. The zero-order valence-electron chi connectivity index (χ0n) is 13.1. The van der Waals surface area contributed by atoms with Crippen molar-refractivity contribution in [2.24, 2.45) is 7.05 Å². The molecule has 1 aromatic carbocycles. The van der Waals surface area contributed by atoms with Crippen LogP contribution in [-0.4, -0.2) is 42.1 Å². The summed E-state index contributed by atoms with van der Waals surface area (Å²) in [5.41, 5.74) is 3.06. The average molecular weight is 324 g/mol. The Kier molecular flexibility index (Phi) is 3.30. The summed E-state index contributed by atoms with van der Waals surface area (Å²) in [6, 6.07) is 8.97. The highest BCUT2D eigenvalue weighted by Crippen LogP contribution is 2.21. The van der Waals surface area contributed by atoms with Crippen LogP contribution in [0.4, 0.5) is 0 Å². The van der Waals surface area contributed by atoms with Crippen molar-refractivity contribution in [3.8, 4) is 5.69 Å². The fourth-order valence-electron chi connectivity index (χ4n) is 3.06. The molecule has 2 aromatic heterocycles. The first-order valence-corrected chi connectivity index (χ1v) is 7.66. The average Bonchev–Trinajstić information content (AvgIpc) is 3.20. The van der Waals surface area contributed by atoms with E-state index in [9.17, 15) is 9.59 Å². The second kappa shape index (κ2) is 5.48. The lowest BCUT2D eigenvalue weighted by Gasteiger charge is -2.28. The van der Waals surface area contributed by atoms with Gasteiger partial charge in [-0.3, -0.25) is 4.79 Å². The first kappa shape index (κ1) is 14.4. The third kappa shape index (κ3) is 2.32. The number of aryl methyl sites for hydroxylation is 1. The Bertz CT molecular complexity index is 967. The van der Waals surface area contributed by atoms with Gasteiger partial charge in [0.05, 0.1) is 12.2 Å². The minimum absolute atomic E-state index is 0.0553. The van der Waals surface area contributed by atoms with Crippen LogP contribution < -0.4 is 5.69 Å². The number of H-pyrrole nitrogens is 1. The van der Waals surface area contributed by atoms with E-state index in [0.717, 1.165) is 11.1 Å². The molecule has 0 spiro atoms. The van der Waals surface area contributed by atoms with E-state index in [1.165, 1.54) is 11.3 Å². The van der Waals surface area contributed by atoms with Crippen LogP contribution in [0.1, 0.15) is 21.6 Å². The summed E-state index contributed by atoms with van der Waals surface area (Å²) in [5, 5.41) is 9.41. The highest BCUT2D eigenvalue weighted by Gasteiger charge is 2.23. The highest BCUT2D eigenvalue weighted by atomic mass is 16.2. The number of tetrazole rings is 1. The van der Waals surface area contributed by atoms with Crippen molar-refractivity contribution in [2.45, 2.75) is 13.0 Å². The van der Waals surface area contributed by atoms with Gasteiger partial charge in [-0.1, -0.05) is 6.07 Å². The lowest BCUT2D eigenvalue weighted by atomic mass is 10.1. The van der Waals surface area contributed by atoms with E-state index in [2.05, 4.69) is 26.2 Å². The number of carbonyl (C=O) groups is 1. The summed E-state index contributed by atoms with van der Waals surface area (Å²) in [7, 11) is 1.99. The molecule has 0 unspecified atom stereocenters. The largest absolute Gasteiger partial charge is 0.365 e. The molecule has 0 radical (unpaired) electrons. The molecule has 8 nitrogen and oxygen atoms in total. The predicted octanol–water partition coefficient (Wildman–Crippen LogP) is 0.493. The molecule has 1 aliphatic heterocycles. The van der Waals surface area contributed by atoms with E-state index in [1.807, 2.05) is 18.1 Å². The second-order valence-electron chi connectivity index (χ2n) is 5.84. The first-order chi connectivity index (χ1) is 11.6. The molecule has 4 rings (SSSR count). The second-order valence-corrected chi connectivity index (χ2v) is 5.84. The lowest BCUT2D eigenvalue weighted by Crippen LogP contribution is -2.36. The van der Waals surface area contributed by atoms with Crippen LogP contribution in [0.15, 0.2) is 41.3 Å². The molecular weight excluding hydrogens is 308 g/mol. The van der Waals surface area contributed by atoms with Gasteiger partial charge in [0.25, 0.3) is 5.91 Å². The number of carbonyl (C=O) groups excluding carboxylic acids is 1. The van der Waals surface area contributed by atoms with Gasteiger partial charge in [0, 0.05) is 31.0 Å². The molecule has 1 amide bonds. The summed E-state index contributed by atoms with van der Waals surface area (Å²) in [6.07, 6.45) is 2.88. The molecule has 0 saturated heterocycles. The quantitative estimate of drug-likeness (QED) is 0.743. The van der Waals surface area contributed by atoms with Crippen LogP contribution in [0.2, 0.25) is 0 Å². The van der Waals surface area contributed by atoms with Gasteiger partial charge in [-0.15, -0.1) is 0 Å². The fraction of sp³-hybridized carbons (Fsp3) is 0.250. The lowest BCUT2D eigenvalue weighted by molar-refractivity contribution is 0.0730. The Morgan fingerprint density at radius 1 is 1.29 bits per heavy atom. The predicted molar refractivity (Wildman–Crippen MR) is 85.8 cm³/mol. The Morgan fingerprint density at radius 2 is 2.17 bits per heavy atom. The Labute approximate surface area is 137 Å². The van der Waals surface area contributed by atoms with Crippen molar-refractivity contribution in [3.05, 3.63) is 63.8 Å². The van der Waals surface area contributed by atoms with Crippen LogP contribution in [0, 0.1) is 0 Å². The van der Waals surface area contributed by atoms with Crippen molar-refractivity contribution in [2.75, 3.05) is 6.54 Å². The van der Waals surface area contributed by atoms with Crippen LogP contribution in [0.25, 0.3) is 5.69 Å². The third-order valence-electron chi connectivity index (χ3n) is 4.38. The number of hydrogen-bond donors (Lipinski definition) is 1.